The summed E-state index contributed by atoms with van der Waals surface area (Å²) in [4.78, 5) is -0.00130. The molecule has 1 aromatic rings. The van der Waals surface area contributed by atoms with Crippen LogP contribution in [0.2, 0.25) is 0 Å². The van der Waals surface area contributed by atoms with Crippen LogP contribution < -0.4 is 4.31 Å². The van der Waals surface area contributed by atoms with Crippen molar-refractivity contribution in [3.63, 3.8) is 0 Å². The first-order valence-corrected chi connectivity index (χ1v) is 8.87. The molecule has 0 amide bonds. The summed E-state index contributed by atoms with van der Waals surface area (Å²) in [6.45, 7) is 0.551. The smallest absolute Gasteiger partial charge is 0.261 e. The van der Waals surface area contributed by atoms with E-state index in [1.807, 2.05) is 0 Å². The Labute approximate surface area is 106 Å². The van der Waals surface area contributed by atoms with E-state index in [9.17, 15) is 17.5 Å². The number of benzene rings is 1. The zero-order chi connectivity index (χ0) is 12.7. The van der Waals surface area contributed by atoms with E-state index in [0.717, 1.165) is 0 Å². The van der Waals surface area contributed by atoms with Gasteiger partial charge in [0.2, 0.25) is 0 Å². The van der Waals surface area contributed by atoms with E-state index in [-0.39, 0.29) is 4.90 Å². The second-order valence-electron chi connectivity index (χ2n) is 3.72. The van der Waals surface area contributed by atoms with Gasteiger partial charge in [-0.2, -0.15) is 0 Å². The van der Waals surface area contributed by atoms with Crippen LogP contribution in [0.25, 0.3) is 0 Å². The highest BCUT2D eigenvalue weighted by molar-refractivity contribution is 8.25. The van der Waals surface area contributed by atoms with Crippen molar-refractivity contribution < 1.29 is 17.5 Å². The fourth-order valence-electron chi connectivity index (χ4n) is 1.73. The van der Waals surface area contributed by atoms with Crippen molar-refractivity contribution in [3.8, 4) is 0 Å². The van der Waals surface area contributed by atoms with Crippen LogP contribution in [0.5, 0.6) is 0 Å². The van der Waals surface area contributed by atoms with Crippen LogP contribution >= 0.6 is 21.5 Å². The molecule has 96 valence electrons. The molecule has 1 aliphatic rings. The number of rotatable bonds is 2. The summed E-state index contributed by atoms with van der Waals surface area (Å²) in [5, 5.41) is 0. The molecule has 0 spiro atoms. The number of hydrogen-bond donors (Lipinski definition) is 2. The van der Waals surface area contributed by atoms with Crippen molar-refractivity contribution in [2.45, 2.75) is 11.3 Å². The van der Waals surface area contributed by atoms with E-state index in [0.29, 0.717) is 24.4 Å². The highest BCUT2D eigenvalue weighted by Crippen LogP contribution is 2.50. The van der Waals surface area contributed by atoms with Gasteiger partial charge in [0.1, 0.15) is 0 Å². The highest BCUT2D eigenvalue weighted by Gasteiger charge is 2.29. The monoisotopic (exact) mass is 297 g/mol. The molecule has 1 heterocycles. The molecular formula is C9H12ClNO4S2. The van der Waals surface area contributed by atoms with Gasteiger partial charge in [0.15, 0.2) is 0 Å². The molecule has 0 aliphatic carbocycles. The maximum absolute atomic E-state index is 11.1. The molecule has 0 bridgehead atoms. The zero-order valence-electron chi connectivity index (χ0n) is 8.78. The average molecular weight is 298 g/mol. The Morgan fingerprint density at radius 1 is 1.24 bits per heavy atom. The normalized spacial score (nSPS) is 21.5. The lowest BCUT2D eigenvalue weighted by atomic mass is 10.3. The van der Waals surface area contributed by atoms with Crippen LogP contribution in [0.15, 0.2) is 29.2 Å². The summed E-state index contributed by atoms with van der Waals surface area (Å²) in [7, 11) is -1.28. The molecule has 1 saturated heterocycles. The minimum Gasteiger partial charge on any atom is -0.282 e. The van der Waals surface area contributed by atoms with Gasteiger partial charge in [-0.3, -0.25) is 13.4 Å². The number of anilines is 1. The lowest BCUT2D eigenvalue weighted by Gasteiger charge is -2.38. The van der Waals surface area contributed by atoms with E-state index in [1.54, 1.807) is 0 Å². The number of halogens is 1. The van der Waals surface area contributed by atoms with Gasteiger partial charge in [0.05, 0.1) is 16.3 Å². The summed E-state index contributed by atoms with van der Waals surface area (Å²) >= 11 is 0. The summed E-state index contributed by atoms with van der Waals surface area (Å²) in [5.41, 5.74) is 0.589. The fraction of sp³-hybridized carbons (Fsp3) is 0.333. The quantitative estimate of drug-likeness (QED) is 0.820. The number of hydrogen-bond acceptors (Lipinski definition) is 5. The topological polar surface area (TPSA) is 77.8 Å². The molecule has 8 heteroatoms. The second-order valence-corrected chi connectivity index (χ2v) is 8.40. The summed E-state index contributed by atoms with van der Waals surface area (Å²) in [6, 6.07) is 5.75. The van der Waals surface area contributed by atoms with E-state index in [1.165, 1.54) is 28.6 Å². The van der Waals surface area contributed by atoms with E-state index in [4.69, 9.17) is 10.7 Å². The van der Waals surface area contributed by atoms with Gasteiger partial charge in [0.25, 0.3) is 9.05 Å². The molecule has 1 fully saturated rings. The van der Waals surface area contributed by atoms with Gasteiger partial charge in [-0.05, 0) is 30.7 Å². The Kier molecular flexibility index (Phi) is 3.30. The standard InChI is InChI=1S/C9H12ClNO4S2/c10-17(14,15)9-4-2-8(3-5-9)11-6-1-7-16(11,12)13/h2-5,12-13H,1,6-7H2. The lowest BCUT2D eigenvalue weighted by Crippen LogP contribution is -2.21. The third kappa shape index (κ3) is 2.69. The summed E-state index contributed by atoms with van der Waals surface area (Å²) in [6.07, 6.45) is 0.706. The highest BCUT2D eigenvalue weighted by atomic mass is 35.7. The first-order chi connectivity index (χ1) is 7.81. The van der Waals surface area contributed by atoms with Crippen LogP contribution in [0.3, 0.4) is 0 Å². The van der Waals surface area contributed by atoms with Crippen molar-refractivity contribution in [3.05, 3.63) is 24.3 Å². The van der Waals surface area contributed by atoms with Gasteiger partial charge < -0.3 is 0 Å². The second kappa shape index (κ2) is 4.33. The van der Waals surface area contributed by atoms with E-state index in [2.05, 4.69) is 0 Å². The Balaban J connectivity index is 2.30. The molecule has 1 aliphatic heterocycles. The van der Waals surface area contributed by atoms with Crippen LogP contribution in [0.4, 0.5) is 5.69 Å². The molecule has 0 radical (unpaired) electrons. The minimum absolute atomic E-state index is 0.00130. The van der Waals surface area contributed by atoms with Gasteiger partial charge in [0, 0.05) is 17.2 Å². The van der Waals surface area contributed by atoms with Gasteiger partial charge in [-0.1, -0.05) is 0 Å². The lowest BCUT2D eigenvalue weighted by molar-refractivity contribution is 0.491. The van der Waals surface area contributed by atoms with Crippen LogP contribution in [-0.2, 0) is 9.05 Å². The first-order valence-electron chi connectivity index (χ1n) is 4.89. The van der Waals surface area contributed by atoms with E-state index >= 15 is 0 Å². The predicted octanol–water partition coefficient (Wildman–Crippen LogP) is 2.49. The molecule has 0 saturated carbocycles. The Bertz CT molecular complexity index is 514. The van der Waals surface area contributed by atoms with Crippen LogP contribution in [-0.4, -0.2) is 29.8 Å². The van der Waals surface area contributed by atoms with Gasteiger partial charge >= 0.3 is 0 Å². The maximum atomic E-state index is 11.1. The fourth-order valence-corrected chi connectivity index (χ4v) is 4.12. The van der Waals surface area contributed by atoms with Crippen molar-refractivity contribution in [2.24, 2.45) is 0 Å². The van der Waals surface area contributed by atoms with Crippen molar-refractivity contribution >= 4 is 36.2 Å². The van der Waals surface area contributed by atoms with Crippen molar-refractivity contribution in [1.82, 2.24) is 0 Å². The van der Waals surface area contributed by atoms with Crippen molar-refractivity contribution in [2.75, 3.05) is 16.6 Å². The molecule has 2 rings (SSSR count). The van der Waals surface area contributed by atoms with Crippen LogP contribution in [0, 0.1) is 0 Å². The minimum atomic E-state index is -3.74. The largest absolute Gasteiger partial charge is 0.282 e. The molecule has 0 atom stereocenters. The van der Waals surface area contributed by atoms with Crippen molar-refractivity contribution in [1.29, 1.82) is 0 Å². The van der Waals surface area contributed by atoms with Gasteiger partial charge in [-0.25, -0.2) is 8.42 Å². The molecule has 2 N–H and O–H groups in total. The SMILES string of the molecule is O=S(=O)(Cl)c1ccc(N2CCCS2(O)O)cc1. The molecule has 17 heavy (non-hydrogen) atoms. The molecule has 1 aromatic carbocycles. The number of nitrogens with zero attached hydrogens (tertiary/aromatic N) is 1. The summed E-state index contributed by atoms with van der Waals surface area (Å²) < 4.78 is 43.1. The third-order valence-corrected chi connectivity index (χ3v) is 5.84. The zero-order valence-corrected chi connectivity index (χ0v) is 11.2. The summed E-state index contributed by atoms with van der Waals surface area (Å²) in [5.74, 6) is 0.350. The van der Waals surface area contributed by atoms with Gasteiger partial charge in [-0.15, -0.1) is 10.8 Å². The Morgan fingerprint density at radius 3 is 2.24 bits per heavy atom. The van der Waals surface area contributed by atoms with Crippen LogP contribution in [0.1, 0.15) is 6.42 Å². The third-order valence-electron chi connectivity index (χ3n) is 2.54. The molecular weight excluding hydrogens is 286 g/mol. The molecule has 0 aromatic heterocycles. The maximum Gasteiger partial charge on any atom is 0.261 e. The van der Waals surface area contributed by atoms with E-state index < -0.39 is 19.8 Å². The molecule has 5 nitrogen and oxygen atoms in total. The first kappa shape index (κ1) is 13.0. The Morgan fingerprint density at radius 2 is 1.82 bits per heavy atom. The predicted molar refractivity (Wildman–Crippen MR) is 69.2 cm³/mol. The Hall–Kier alpha value is -0.470. The molecule has 0 unspecified atom stereocenters. The average Bonchev–Trinajstić information content (AvgIpc) is 2.57.